The summed E-state index contributed by atoms with van der Waals surface area (Å²) < 4.78 is 5.94. The van der Waals surface area contributed by atoms with Crippen LogP contribution in [0, 0.1) is 22.7 Å². The van der Waals surface area contributed by atoms with E-state index in [0.29, 0.717) is 24.9 Å². The first kappa shape index (κ1) is 26.3. The number of likely N-dealkylation sites (tertiary alicyclic amines) is 1. The van der Waals surface area contributed by atoms with E-state index in [9.17, 15) is 19.8 Å². The standard InChI is InChI=1S/C27H40N2O5S/c1-26-12-11-23(34-25(33)28-18-7-6-8-19(15-18)35-3)27(2,17-30)22(26)10-9-21(31)20(26)16-24(32)29-13-4-5-14-29/h6-8,15,20-23,30-31H,4-5,9-14,16-17H2,1-3H3,(H,28,33)/t20-,21-,22?,23-,26+,27+/m1/s1. The maximum absolute atomic E-state index is 13.0. The molecule has 2 aliphatic carbocycles. The van der Waals surface area contributed by atoms with E-state index >= 15 is 0 Å². The number of amides is 2. The molecule has 4 rings (SSSR count). The van der Waals surface area contributed by atoms with Crippen LogP contribution in [0.1, 0.15) is 58.8 Å². The Balaban J connectivity index is 1.49. The van der Waals surface area contributed by atoms with Crippen molar-refractivity contribution in [2.45, 2.75) is 75.9 Å². The van der Waals surface area contributed by atoms with Crippen LogP contribution in [0.4, 0.5) is 10.5 Å². The summed E-state index contributed by atoms with van der Waals surface area (Å²) in [4.78, 5) is 28.8. The average molecular weight is 505 g/mol. The van der Waals surface area contributed by atoms with Crippen molar-refractivity contribution in [3.05, 3.63) is 24.3 Å². The molecule has 0 radical (unpaired) electrons. The maximum atomic E-state index is 13.0. The molecule has 0 bridgehead atoms. The number of anilines is 1. The van der Waals surface area contributed by atoms with Gasteiger partial charge in [0.1, 0.15) is 6.10 Å². The molecule has 1 heterocycles. The molecule has 6 atom stereocenters. The summed E-state index contributed by atoms with van der Waals surface area (Å²) in [6.45, 7) is 5.66. The number of nitrogens with zero attached hydrogens (tertiary/aromatic N) is 1. The molecule has 194 valence electrons. The number of carbonyl (C=O) groups excluding carboxylic acids is 2. The molecule has 35 heavy (non-hydrogen) atoms. The molecular formula is C27H40N2O5S. The molecule has 7 nitrogen and oxygen atoms in total. The highest BCUT2D eigenvalue weighted by molar-refractivity contribution is 7.98. The zero-order chi connectivity index (χ0) is 25.2. The third-order valence-corrected chi connectivity index (χ3v) is 9.82. The molecule has 1 saturated heterocycles. The fraction of sp³-hybridized carbons (Fsp3) is 0.704. The van der Waals surface area contributed by atoms with E-state index in [-0.39, 0.29) is 29.8 Å². The van der Waals surface area contributed by atoms with E-state index in [0.717, 1.165) is 43.7 Å². The second-order valence-corrected chi connectivity index (χ2v) is 11.9. The molecule has 1 aromatic carbocycles. The lowest BCUT2D eigenvalue weighted by atomic mass is 9.46. The van der Waals surface area contributed by atoms with Gasteiger partial charge in [0.2, 0.25) is 5.91 Å². The van der Waals surface area contributed by atoms with Gasteiger partial charge in [-0.25, -0.2) is 4.79 Å². The van der Waals surface area contributed by atoms with Crippen LogP contribution in [0.25, 0.3) is 0 Å². The molecule has 2 amide bonds. The fourth-order valence-electron chi connectivity index (χ4n) is 7.04. The third kappa shape index (κ3) is 5.20. The Hall–Kier alpha value is -1.77. The van der Waals surface area contributed by atoms with Crippen molar-refractivity contribution in [3.63, 3.8) is 0 Å². The predicted octanol–water partition coefficient (Wildman–Crippen LogP) is 4.52. The fourth-order valence-corrected chi connectivity index (χ4v) is 7.50. The number of aliphatic hydroxyl groups excluding tert-OH is 2. The van der Waals surface area contributed by atoms with Gasteiger partial charge in [0.25, 0.3) is 0 Å². The number of thioether (sulfide) groups is 1. The van der Waals surface area contributed by atoms with Crippen LogP contribution in [0.15, 0.2) is 29.2 Å². The molecular weight excluding hydrogens is 464 g/mol. The van der Waals surface area contributed by atoms with Crippen molar-refractivity contribution in [2.24, 2.45) is 22.7 Å². The van der Waals surface area contributed by atoms with E-state index in [2.05, 4.69) is 12.2 Å². The van der Waals surface area contributed by atoms with Gasteiger partial charge in [-0.3, -0.25) is 10.1 Å². The SMILES string of the molecule is CSc1cccc(NC(=O)O[C@@H]2CC[C@]3(C)C(CC[C@@H](O)[C@H]3CC(=O)N3CCCC3)[C@]2(C)CO)c1. The van der Waals surface area contributed by atoms with Gasteiger partial charge in [-0.1, -0.05) is 19.9 Å². The number of nitrogens with one attached hydrogen (secondary N) is 1. The van der Waals surface area contributed by atoms with E-state index in [4.69, 9.17) is 4.74 Å². The van der Waals surface area contributed by atoms with Gasteiger partial charge in [0.05, 0.1) is 12.7 Å². The van der Waals surface area contributed by atoms with Gasteiger partial charge in [-0.05, 0) is 80.2 Å². The highest BCUT2D eigenvalue weighted by Crippen LogP contribution is 2.61. The van der Waals surface area contributed by atoms with Crippen LogP contribution in [0.2, 0.25) is 0 Å². The molecule has 1 aromatic rings. The summed E-state index contributed by atoms with van der Waals surface area (Å²) in [5.41, 5.74) is -0.289. The minimum Gasteiger partial charge on any atom is -0.445 e. The van der Waals surface area contributed by atoms with Gasteiger partial charge in [-0.2, -0.15) is 0 Å². The van der Waals surface area contributed by atoms with Crippen LogP contribution >= 0.6 is 11.8 Å². The van der Waals surface area contributed by atoms with Gasteiger partial charge in [0, 0.05) is 35.5 Å². The van der Waals surface area contributed by atoms with Gasteiger partial charge in [-0.15, -0.1) is 11.8 Å². The summed E-state index contributed by atoms with van der Waals surface area (Å²) in [7, 11) is 0. The lowest BCUT2D eigenvalue weighted by Gasteiger charge is -2.60. The minimum atomic E-state index is -0.652. The Morgan fingerprint density at radius 3 is 2.63 bits per heavy atom. The molecule has 0 spiro atoms. The van der Waals surface area contributed by atoms with Crippen molar-refractivity contribution in [2.75, 3.05) is 31.3 Å². The summed E-state index contributed by atoms with van der Waals surface area (Å²) >= 11 is 1.60. The molecule has 0 aromatic heterocycles. The monoisotopic (exact) mass is 504 g/mol. The predicted molar refractivity (Wildman–Crippen MR) is 137 cm³/mol. The van der Waals surface area contributed by atoms with Crippen LogP contribution in [0.5, 0.6) is 0 Å². The quantitative estimate of drug-likeness (QED) is 0.493. The molecule has 1 unspecified atom stereocenters. The minimum absolute atomic E-state index is 0.0335. The molecule has 8 heteroatoms. The lowest BCUT2D eigenvalue weighted by Crippen LogP contribution is -2.61. The topological polar surface area (TPSA) is 99.1 Å². The second-order valence-electron chi connectivity index (χ2n) is 11.1. The first-order chi connectivity index (χ1) is 16.7. The summed E-state index contributed by atoms with van der Waals surface area (Å²) in [6, 6.07) is 7.60. The van der Waals surface area contributed by atoms with Crippen LogP contribution in [-0.4, -0.2) is 65.3 Å². The number of ether oxygens (including phenoxy) is 1. The highest BCUT2D eigenvalue weighted by atomic mass is 32.2. The Kier molecular flexibility index (Phi) is 8.03. The molecule has 1 aliphatic heterocycles. The van der Waals surface area contributed by atoms with Crippen LogP contribution in [-0.2, 0) is 9.53 Å². The molecule has 2 saturated carbocycles. The number of carbonyl (C=O) groups is 2. The third-order valence-electron chi connectivity index (χ3n) is 9.09. The summed E-state index contributed by atoms with van der Waals surface area (Å²) in [5, 5.41) is 24.4. The largest absolute Gasteiger partial charge is 0.445 e. The highest BCUT2D eigenvalue weighted by Gasteiger charge is 2.60. The van der Waals surface area contributed by atoms with Crippen molar-refractivity contribution in [1.82, 2.24) is 4.90 Å². The Morgan fingerprint density at radius 2 is 1.94 bits per heavy atom. The molecule has 3 fully saturated rings. The van der Waals surface area contributed by atoms with E-state index in [1.165, 1.54) is 0 Å². The van der Waals surface area contributed by atoms with Gasteiger partial charge in [0.15, 0.2) is 0 Å². The maximum Gasteiger partial charge on any atom is 0.411 e. The molecule has 3 aliphatic rings. The average Bonchev–Trinajstić information content (AvgIpc) is 3.38. The van der Waals surface area contributed by atoms with Gasteiger partial charge >= 0.3 is 6.09 Å². The number of hydrogen-bond donors (Lipinski definition) is 3. The van der Waals surface area contributed by atoms with Crippen molar-refractivity contribution in [3.8, 4) is 0 Å². The van der Waals surface area contributed by atoms with E-state index < -0.39 is 23.7 Å². The Morgan fingerprint density at radius 1 is 1.20 bits per heavy atom. The zero-order valence-electron chi connectivity index (χ0n) is 21.2. The zero-order valence-corrected chi connectivity index (χ0v) is 22.0. The summed E-state index contributed by atoms with van der Waals surface area (Å²) in [5.74, 6) is -0.000201. The van der Waals surface area contributed by atoms with E-state index in [1.807, 2.05) is 42.3 Å². The number of rotatable bonds is 6. The van der Waals surface area contributed by atoms with Crippen LogP contribution < -0.4 is 5.32 Å². The number of fused-ring (bicyclic) bond motifs is 1. The van der Waals surface area contributed by atoms with Crippen molar-refractivity contribution in [1.29, 1.82) is 0 Å². The second kappa shape index (κ2) is 10.7. The Labute approximate surface area is 213 Å². The first-order valence-corrected chi connectivity index (χ1v) is 14.1. The van der Waals surface area contributed by atoms with Crippen molar-refractivity contribution >= 4 is 29.4 Å². The first-order valence-electron chi connectivity index (χ1n) is 12.9. The number of aliphatic hydroxyl groups is 2. The number of hydrogen-bond acceptors (Lipinski definition) is 6. The van der Waals surface area contributed by atoms with Crippen LogP contribution in [0.3, 0.4) is 0 Å². The molecule has 3 N–H and O–H groups in total. The van der Waals surface area contributed by atoms with Gasteiger partial charge < -0.3 is 19.8 Å². The normalized spacial score (nSPS) is 34.8. The Bertz CT molecular complexity index is 923. The smallest absolute Gasteiger partial charge is 0.411 e. The summed E-state index contributed by atoms with van der Waals surface area (Å²) in [6.07, 6.45) is 5.57. The van der Waals surface area contributed by atoms with Crippen molar-refractivity contribution < 1.29 is 24.5 Å². The lowest BCUT2D eigenvalue weighted by molar-refractivity contribution is -0.186. The number of benzene rings is 1. The van der Waals surface area contributed by atoms with E-state index in [1.54, 1.807) is 11.8 Å².